The summed E-state index contributed by atoms with van der Waals surface area (Å²) in [5.41, 5.74) is 0.666. The van der Waals surface area contributed by atoms with Crippen LogP contribution in [0, 0.1) is 0 Å². The van der Waals surface area contributed by atoms with Crippen LogP contribution in [0.1, 0.15) is 16.1 Å². The lowest BCUT2D eigenvalue weighted by Crippen LogP contribution is -2.26. The molecule has 0 fully saturated rings. The molecule has 7 nitrogen and oxygen atoms in total. The summed E-state index contributed by atoms with van der Waals surface area (Å²) in [6, 6.07) is 15.9. The normalized spacial score (nSPS) is 11.1. The lowest BCUT2D eigenvalue weighted by molar-refractivity contribution is 0.0775. The minimum absolute atomic E-state index is 0.000525. The van der Waals surface area contributed by atoms with Crippen LogP contribution in [0.5, 0.6) is 5.75 Å². The van der Waals surface area contributed by atoms with Crippen molar-refractivity contribution in [2.75, 3.05) is 18.9 Å². The number of amides is 1. The van der Waals surface area contributed by atoms with Gasteiger partial charge in [-0.1, -0.05) is 6.07 Å². The van der Waals surface area contributed by atoms with Gasteiger partial charge in [0.2, 0.25) is 0 Å². The fourth-order valence-corrected chi connectivity index (χ4v) is 3.70. The van der Waals surface area contributed by atoms with Gasteiger partial charge < -0.3 is 14.1 Å². The summed E-state index contributed by atoms with van der Waals surface area (Å²) in [4.78, 5) is 14.1. The number of ether oxygens (including phenoxy) is 1. The van der Waals surface area contributed by atoms with Crippen LogP contribution in [-0.4, -0.2) is 33.4 Å². The predicted octanol–water partition coefficient (Wildman–Crippen LogP) is 3.36. The molecule has 0 bridgehead atoms. The van der Waals surface area contributed by atoms with Gasteiger partial charge in [0.05, 0.1) is 24.8 Å². The third-order valence-electron chi connectivity index (χ3n) is 4.05. The molecule has 1 heterocycles. The Balaban J connectivity index is 1.77. The molecule has 0 radical (unpaired) electrons. The van der Waals surface area contributed by atoms with Crippen molar-refractivity contribution in [1.29, 1.82) is 0 Å². The van der Waals surface area contributed by atoms with Gasteiger partial charge in [-0.2, -0.15) is 0 Å². The Morgan fingerprint density at radius 1 is 1.11 bits per heavy atom. The van der Waals surface area contributed by atoms with Crippen LogP contribution >= 0.6 is 0 Å². The van der Waals surface area contributed by atoms with Gasteiger partial charge in [-0.3, -0.25) is 9.52 Å². The molecular weight excluding hydrogens is 380 g/mol. The Labute approximate surface area is 163 Å². The summed E-state index contributed by atoms with van der Waals surface area (Å²) >= 11 is 0. The molecule has 8 heteroatoms. The van der Waals surface area contributed by atoms with E-state index in [4.69, 9.17) is 9.15 Å². The van der Waals surface area contributed by atoms with Crippen LogP contribution < -0.4 is 9.46 Å². The fraction of sp³-hybridized carbons (Fsp3) is 0.150. The molecule has 0 aliphatic rings. The van der Waals surface area contributed by atoms with E-state index in [1.165, 1.54) is 36.5 Å². The van der Waals surface area contributed by atoms with E-state index < -0.39 is 10.0 Å². The molecule has 1 N–H and O–H groups in total. The number of anilines is 1. The van der Waals surface area contributed by atoms with E-state index >= 15 is 0 Å². The molecule has 2 aromatic carbocycles. The number of sulfonamides is 1. The number of carbonyl (C=O) groups excluding carboxylic acids is 1. The van der Waals surface area contributed by atoms with Crippen LogP contribution in [0.15, 0.2) is 76.2 Å². The number of rotatable bonds is 7. The first-order valence-electron chi connectivity index (χ1n) is 8.44. The van der Waals surface area contributed by atoms with Crippen molar-refractivity contribution < 1.29 is 22.4 Å². The zero-order valence-electron chi connectivity index (χ0n) is 15.5. The van der Waals surface area contributed by atoms with Gasteiger partial charge in [0, 0.05) is 18.3 Å². The first-order valence-corrected chi connectivity index (χ1v) is 9.92. The maximum Gasteiger partial charge on any atom is 0.261 e. The molecule has 0 aliphatic carbocycles. The van der Waals surface area contributed by atoms with E-state index in [2.05, 4.69) is 4.72 Å². The van der Waals surface area contributed by atoms with E-state index in [-0.39, 0.29) is 22.9 Å². The van der Waals surface area contributed by atoms with Crippen molar-refractivity contribution in [1.82, 2.24) is 4.90 Å². The molecule has 1 amide bonds. The number of hydrogen-bond donors (Lipinski definition) is 1. The van der Waals surface area contributed by atoms with Gasteiger partial charge in [-0.05, 0) is 54.6 Å². The van der Waals surface area contributed by atoms with E-state index in [1.54, 1.807) is 49.5 Å². The van der Waals surface area contributed by atoms with Crippen molar-refractivity contribution in [2.45, 2.75) is 11.4 Å². The first-order chi connectivity index (χ1) is 13.4. The molecule has 3 aromatic rings. The highest BCUT2D eigenvalue weighted by molar-refractivity contribution is 7.92. The van der Waals surface area contributed by atoms with Crippen LogP contribution in [0.3, 0.4) is 0 Å². The van der Waals surface area contributed by atoms with Gasteiger partial charge in [0.25, 0.3) is 15.9 Å². The minimum atomic E-state index is -3.84. The molecule has 146 valence electrons. The smallest absolute Gasteiger partial charge is 0.261 e. The van der Waals surface area contributed by atoms with E-state index in [9.17, 15) is 13.2 Å². The largest absolute Gasteiger partial charge is 0.497 e. The molecule has 0 saturated heterocycles. The van der Waals surface area contributed by atoms with Gasteiger partial charge in [-0.25, -0.2) is 8.42 Å². The number of furan rings is 1. The fourth-order valence-electron chi connectivity index (χ4n) is 2.60. The monoisotopic (exact) mass is 400 g/mol. The topological polar surface area (TPSA) is 88.8 Å². The Hall–Kier alpha value is -3.26. The summed E-state index contributed by atoms with van der Waals surface area (Å²) in [5.74, 6) is 0.953. The number of nitrogens with zero attached hydrogens (tertiary/aromatic N) is 1. The highest BCUT2D eigenvalue weighted by Gasteiger charge is 2.19. The highest BCUT2D eigenvalue weighted by atomic mass is 32.2. The summed E-state index contributed by atoms with van der Waals surface area (Å²) in [5, 5.41) is 0. The van der Waals surface area contributed by atoms with E-state index in [1.807, 2.05) is 0 Å². The third-order valence-corrected chi connectivity index (χ3v) is 5.43. The Kier molecular flexibility index (Phi) is 5.70. The van der Waals surface area contributed by atoms with Crippen LogP contribution in [0.25, 0.3) is 0 Å². The second-order valence-corrected chi connectivity index (χ2v) is 7.78. The number of methoxy groups -OCH3 is 1. The van der Waals surface area contributed by atoms with Crippen LogP contribution in [0.2, 0.25) is 0 Å². The number of hydrogen-bond acceptors (Lipinski definition) is 5. The summed E-state index contributed by atoms with van der Waals surface area (Å²) < 4.78 is 38.1. The SMILES string of the molecule is COc1ccc(NS(=O)(=O)c2cccc(C(=O)N(C)Cc3ccco3)c2)cc1. The van der Waals surface area contributed by atoms with Crippen LogP contribution in [-0.2, 0) is 16.6 Å². The number of carbonyl (C=O) groups is 1. The molecule has 3 rings (SSSR count). The standard InChI is InChI=1S/C20H20N2O5S/c1-22(14-18-6-4-12-27-18)20(23)15-5-3-7-19(13-15)28(24,25)21-16-8-10-17(26-2)11-9-16/h3-13,21H,14H2,1-2H3. The molecule has 0 unspecified atom stereocenters. The first kappa shape index (κ1) is 19.5. The zero-order chi connectivity index (χ0) is 20.1. The summed E-state index contributed by atoms with van der Waals surface area (Å²) in [6.07, 6.45) is 1.53. The summed E-state index contributed by atoms with van der Waals surface area (Å²) in [6.45, 7) is 0.285. The predicted molar refractivity (Wildman–Crippen MR) is 105 cm³/mol. The van der Waals surface area contributed by atoms with Gasteiger partial charge in [0.15, 0.2) is 0 Å². The molecule has 0 saturated carbocycles. The zero-order valence-corrected chi connectivity index (χ0v) is 16.3. The van der Waals surface area contributed by atoms with Crippen molar-refractivity contribution in [3.8, 4) is 5.75 Å². The molecule has 0 spiro atoms. The van der Waals surface area contributed by atoms with Crippen LogP contribution in [0.4, 0.5) is 5.69 Å². The Morgan fingerprint density at radius 2 is 1.86 bits per heavy atom. The second-order valence-electron chi connectivity index (χ2n) is 6.10. The Bertz CT molecular complexity index is 1040. The lowest BCUT2D eigenvalue weighted by atomic mass is 10.2. The Morgan fingerprint density at radius 3 is 2.50 bits per heavy atom. The average molecular weight is 400 g/mol. The second kappa shape index (κ2) is 8.18. The van der Waals surface area contributed by atoms with Gasteiger partial charge >= 0.3 is 0 Å². The molecule has 28 heavy (non-hydrogen) atoms. The molecule has 0 atom stereocenters. The highest BCUT2D eigenvalue weighted by Crippen LogP contribution is 2.20. The number of nitrogens with one attached hydrogen (secondary N) is 1. The minimum Gasteiger partial charge on any atom is -0.497 e. The van der Waals surface area contributed by atoms with Crippen molar-refractivity contribution in [2.24, 2.45) is 0 Å². The lowest BCUT2D eigenvalue weighted by Gasteiger charge is -2.16. The quantitative estimate of drug-likeness (QED) is 0.657. The maximum atomic E-state index is 12.7. The molecule has 0 aliphatic heterocycles. The molecule has 1 aromatic heterocycles. The van der Waals surface area contributed by atoms with Gasteiger partial charge in [-0.15, -0.1) is 0 Å². The summed E-state index contributed by atoms with van der Waals surface area (Å²) in [7, 11) is -0.686. The van der Waals surface area contributed by atoms with Gasteiger partial charge in [0.1, 0.15) is 11.5 Å². The van der Waals surface area contributed by atoms with Crippen molar-refractivity contribution in [3.63, 3.8) is 0 Å². The van der Waals surface area contributed by atoms with E-state index in [0.29, 0.717) is 17.2 Å². The van der Waals surface area contributed by atoms with Crippen molar-refractivity contribution in [3.05, 3.63) is 78.3 Å². The van der Waals surface area contributed by atoms with Crippen molar-refractivity contribution >= 4 is 21.6 Å². The molecular formula is C20H20N2O5S. The van der Waals surface area contributed by atoms with E-state index in [0.717, 1.165) is 0 Å². The average Bonchev–Trinajstić information content (AvgIpc) is 3.21. The third kappa shape index (κ3) is 4.52. The number of benzene rings is 2. The maximum absolute atomic E-state index is 12.7.